The molecule has 0 amide bonds. The molecule has 198 valence electrons. The molecule has 0 spiro atoms. The van der Waals surface area contributed by atoms with Gasteiger partial charge in [0.15, 0.2) is 23.1 Å². The van der Waals surface area contributed by atoms with Gasteiger partial charge in [0.2, 0.25) is 11.1 Å². The van der Waals surface area contributed by atoms with Gasteiger partial charge in [-0.05, 0) is 6.92 Å². The number of H-pyrrole nitrogens is 1. The highest BCUT2D eigenvalue weighted by atomic mass is 32.2. The summed E-state index contributed by atoms with van der Waals surface area (Å²) in [5.41, 5.74) is -0.753. The Balaban J connectivity index is 1.64. The lowest BCUT2D eigenvalue weighted by Crippen LogP contribution is -2.42. The van der Waals surface area contributed by atoms with Crippen LogP contribution in [0.2, 0.25) is 0 Å². The van der Waals surface area contributed by atoms with Gasteiger partial charge < -0.3 is 20.7 Å². The van der Waals surface area contributed by atoms with Crippen molar-refractivity contribution in [1.29, 1.82) is 0 Å². The molecule has 1 aliphatic rings. The number of aromatic amines is 1. The molecule has 0 unspecified atom stereocenters. The van der Waals surface area contributed by atoms with E-state index < -0.39 is 76.9 Å². The number of aromatic nitrogens is 6. The molecule has 4 heterocycles. The predicted molar refractivity (Wildman–Crippen MR) is 111 cm³/mol. The molecule has 4 N–H and O–H groups in total. The Morgan fingerprint density at radius 1 is 1.22 bits per heavy atom. The normalized spacial score (nSPS) is 21.2. The van der Waals surface area contributed by atoms with Crippen LogP contribution in [0.25, 0.3) is 11.2 Å². The zero-order valence-electron chi connectivity index (χ0n) is 18.2. The van der Waals surface area contributed by atoms with Gasteiger partial charge in [-0.1, -0.05) is 0 Å². The highest BCUT2D eigenvalue weighted by molar-refractivity contribution is 7.89. The Bertz CT molecular complexity index is 1320. The van der Waals surface area contributed by atoms with Crippen molar-refractivity contribution < 1.29 is 39.9 Å². The van der Waals surface area contributed by atoms with Crippen molar-refractivity contribution in [3.8, 4) is 0 Å². The molecule has 0 bridgehead atoms. The first-order valence-corrected chi connectivity index (χ1v) is 11.7. The molecule has 1 saturated heterocycles. The van der Waals surface area contributed by atoms with E-state index in [1.54, 1.807) is 0 Å². The summed E-state index contributed by atoms with van der Waals surface area (Å²) in [4.78, 5) is 17.6. The average Bonchev–Trinajstić information content (AvgIpc) is 3.53. The molecule has 19 heteroatoms. The summed E-state index contributed by atoms with van der Waals surface area (Å²) in [6.07, 6.45) is -6.42. The Hall–Kier alpha value is -3.19. The number of nitrogens with one attached hydrogen (secondary N) is 3. The summed E-state index contributed by atoms with van der Waals surface area (Å²) in [5, 5.41) is 13.8. The number of fused-ring (bicyclic) bond motifs is 1. The largest absolute Gasteiger partial charge is 0.416 e. The van der Waals surface area contributed by atoms with Crippen molar-refractivity contribution in [2.75, 3.05) is 23.7 Å². The molecule has 4 rings (SSSR count). The summed E-state index contributed by atoms with van der Waals surface area (Å²) in [7, 11) is -4.16. The van der Waals surface area contributed by atoms with Crippen molar-refractivity contribution >= 4 is 33.0 Å². The molecule has 0 radical (unpaired) electrons. The van der Waals surface area contributed by atoms with Gasteiger partial charge in [-0.15, -0.1) is 0 Å². The average molecular weight is 543 g/mol. The van der Waals surface area contributed by atoms with Gasteiger partial charge in [0.25, 0.3) is 10.0 Å². The molecule has 4 atom stereocenters. The zero-order chi connectivity index (χ0) is 26.4. The van der Waals surface area contributed by atoms with E-state index in [9.17, 15) is 39.9 Å². The minimum absolute atomic E-state index is 0.260. The highest BCUT2D eigenvalue weighted by Crippen LogP contribution is 2.29. The van der Waals surface area contributed by atoms with Gasteiger partial charge >= 0.3 is 12.7 Å². The van der Waals surface area contributed by atoms with Gasteiger partial charge in [-0.25, -0.2) is 22.8 Å². The highest BCUT2D eigenvalue weighted by Gasteiger charge is 2.43. The maximum absolute atomic E-state index is 14.8. The second-order valence-corrected chi connectivity index (χ2v) is 9.75. The standard InChI is InChI=1S/C17H19F6N9O3S/c1-7(11(33)17(21,22)23)27-15-29-12(10-13(30-15)32(6-26-10)14(19)20)28-9-5-31(4-8(9)18)36(34,35)16-24-2-3-25-16/h2-3,6-9,11,14,33H,4-5H2,1H3,(H,24,25)(H2,27,28,29,30)/t7-,8+,9+,11+/m0/s1. The third-order valence-corrected chi connectivity index (χ3v) is 7.08. The van der Waals surface area contributed by atoms with Crippen molar-refractivity contribution in [2.24, 2.45) is 0 Å². The Kier molecular flexibility index (Phi) is 6.73. The van der Waals surface area contributed by atoms with E-state index in [-0.39, 0.29) is 11.3 Å². The summed E-state index contributed by atoms with van der Waals surface area (Å²) >= 11 is 0. The van der Waals surface area contributed by atoms with Crippen LogP contribution in [0, 0.1) is 0 Å². The first-order chi connectivity index (χ1) is 16.8. The van der Waals surface area contributed by atoms with Gasteiger partial charge in [0.05, 0.1) is 12.1 Å². The molecule has 1 fully saturated rings. The van der Waals surface area contributed by atoms with Gasteiger partial charge in [-0.3, -0.25) is 4.57 Å². The monoisotopic (exact) mass is 543 g/mol. The second-order valence-electron chi connectivity index (χ2n) is 7.90. The lowest BCUT2D eigenvalue weighted by atomic mass is 10.2. The van der Waals surface area contributed by atoms with Crippen molar-refractivity contribution in [3.63, 3.8) is 0 Å². The van der Waals surface area contributed by atoms with Gasteiger partial charge in [0.1, 0.15) is 12.5 Å². The number of aliphatic hydroxyl groups is 1. The van der Waals surface area contributed by atoms with Crippen LogP contribution >= 0.6 is 0 Å². The van der Waals surface area contributed by atoms with Crippen LogP contribution in [0.1, 0.15) is 13.5 Å². The Labute approximate surface area is 198 Å². The number of halogens is 6. The molecule has 1 aliphatic heterocycles. The number of hydrogen-bond donors (Lipinski definition) is 4. The first kappa shape index (κ1) is 25.9. The minimum atomic E-state index is -4.99. The van der Waals surface area contributed by atoms with Crippen LogP contribution in [0.15, 0.2) is 23.9 Å². The smallest absolute Gasteiger partial charge is 0.382 e. The van der Waals surface area contributed by atoms with E-state index in [4.69, 9.17) is 0 Å². The number of anilines is 2. The van der Waals surface area contributed by atoms with Crippen molar-refractivity contribution in [3.05, 3.63) is 18.7 Å². The van der Waals surface area contributed by atoms with E-state index in [1.807, 2.05) is 0 Å². The Morgan fingerprint density at radius 2 is 1.94 bits per heavy atom. The fourth-order valence-corrected chi connectivity index (χ4v) is 4.89. The van der Waals surface area contributed by atoms with Gasteiger partial charge in [-0.2, -0.15) is 36.2 Å². The van der Waals surface area contributed by atoms with Crippen LogP contribution in [0.4, 0.5) is 38.1 Å². The minimum Gasteiger partial charge on any atom is -0.382 e. The summed E-state index contributed by atoms with van der Waals surface area (Å²) in [6.45, 7) is -3.12. The van der Waals surface area contributed by atoms with E-state index in [1.165, 1.54) is 12.4 Å². The fourth-order valence-electron chi connectivity index (χ4n) is 3.54. The van der Waals surface area contributed by atoms with Crippen LogP contribution in [0.3, 0.4) is 0 Å². The molecule has 0 saturated carbocycles. The predicted octanol–water partition coefficient (Wildman–Crippen LogP) is 1.49. The van der Waals surface area contributed by atoms with E-state index >= 15 is 0 Å². The van der Waals surface area contributed by atoms with E-state index in [2.05, 4.69) is 35.6 Å². The summed E-state index contributed by atoms with van der Waals surface area (Å²) < 4.78 is 107. The van der Waals surface area contributed by atoms with Crippen molar-refractivity contribution in [1.82, 2.24) is 33.8 Å². The van der Waals surface area contributed by atoms with Crippen LogP contribution in [0.5, 0.6) is 0 Å². The number of imidazole rings is 2. The number of rotatable bonds is 8. The molecule has 3 aromatic rings. The molecular formula is C17H19F6N9O3S. The molecular weight excluding hydrogens is 524 g/mol. The number of aliphatic hydroxyl groups excluding tert-OH is 1. The van der Waals surface area contributed by atoms with Crippen LogP contribution in [-0.2, 0) is 10.0 Å². The maximum atomic E-state index is 14.8. The molecule has 36 heavy (non-hydrogen) atoms. The topological polar surface area (TPSA) is 154 Å². The first-order valence-electron chi connectivity index (χ1n) is 10.2. The molecule has 0 aliphatic carbocycles. The SMILES string of the molecule is C[C@H](Nc1nc(N[C@@H]2CN(S(=O)(=O)c3ncc[nH]3)C[C@H]2F)c2ncn(C(F)F)c2n1)[C@@H](O)C(F)(F)F. The number of hydrogen-bond acceptors (Lipinski definition) is 9. The van der Waals surface area contributed by atoms with Crippen LogP contribution in [-0.4, -0.2) is 90.9 Å². The van der Waals surface area contributed by atoms with Crippen molar-refractivity contribution in [2.45, 2.75) is 49.2 Å². The quantitative estimate of drug-likeness (QED) is 0.310. The third kappa shape index (κ3) is 4.89. The number of alkyl halides is 6. The third-order valence-electron chi connectivity index (χ3n) is 5.39. The van der Waals surface area contributed by atoms with E-state index in [0.29, 0.717) is 10.9 Å². The number of sulfonamides is 1. The lowest BCUT2D eigenvalue weighted by molar-refractivity contribution is -0.206. The molecule has 3 aromatic heterocycles. The second kappa shape index (κ2) is 9.36. The summed E-state index contributed by atoms with van der Waals surface area (Å²) in [6, 6.07) is -2.91. The zero-order valence-corrected chi connectivity index (χ0v) is 19.0. The maximum Gasteiger partial charge on any atom is 0.416 e. The fraction of sp³-hybridized carbons (Fsp3) is 0.529. The number of nitrogens with zero attached hydrogens (tertiary/aromatic N) is 6. The van der Waals surface area contributed by atoms with Gasteiger partial charge in [0, 0.05) is 25.5 Å². The van der Waals surface area contributed by atoms with E-state index in [0.717, 1.165) is 11.2 Å². The molecule has 12 nitrogen and oxygen atoms in total. The molecule has 0 aromatic carbocycles. The lowest BCUT2D eigenvalue weighted by Gasteiger charge is -2.23. The van der Waals surface area contributed by atoms with Crippen LogP contribution < -0.4 is 10.6 Å². The Morgan fingerprint density at radius 3 is 2.56 bits per heavy atom. The summed E-state index contributed by atoms with van der Waals surface area (Å²) in [5.74, 6) is -0.919.